The van der Waals surface area contributed by atoms with Crippen LogP contribution in [-0.4, -0.2) is 32.8 Å². The maximum atomic E-state index is 12.7. The van der Waals surface area contributed by atoms with Crippen molar-refractivity contribution in [3.05, 3.63) is 41.0 Å². The molecule has 3 fully saturated rings. The zero-order valence-corrected chi connectivity index (χ0v) is 17.0. The molecule has 0 aliphatic heterocycles. The summed E-state index contributed by atoms with van der Waals surface area (Å²) in [5, 5.41) is 33.8. The standard InChI is InChI=1S/C25H30O4/c1-23-13-21-18-4-3-16(26)10-14(18)12-24-9-8-17(27)11-15(24)2-5-20(25(21,24)29)19(23)6-7-22(23)28/h3-4,10-11,19-22,26,28-29H,2,5-9,12-13H2,1H3/t19-,20-,21?,22-,23-,24+,25-/m0/s1. The van der Waals surface area contributed by atoms with Gasteiger partial charge in [0.25, 0.3) is 0 Å². The van der Waals surface area contributed by atoms with Crippen molar-refractivity contribution >= 4 is 5.78 Å². The number of hydrogen-bond donors (Lipinski definition) is 3. The molecule has 3 N–H and O–H groups in total. The third-order valence-corrected chi connectivity index (χ3v) is 9.82. The van der Waals surface area contributed by atoms with Gasteiger partial charge in [0, 0.05) is 17.8 Å². The van der Waals surface area contributed by atoms with Crippen molar-refractivity contribution in [2.24, 2.45) is 22.7 Å². The third kappa shape index (κ3) is 2.00. The first-order valence-corrected chi connectivity index (χ1v) is 11.3. The van der Waals surface area contributed by atoms with Gasteiger partial charge >= 0.3 is 0 Å². The monoisotopic (exact) mass is 394 g/mol. The molecule has 3 saturated carbocycles. The summed E-state index contributed by atoms with van der Waals surface area (Å²) < 4.78 is 0. The van der Waals surface area contributed by atoms with Crippen molar-refractivity contribution < 1.29 is 20.1 Å². The molecule has 0 aromatic heterocycles. The lowest BCUT2D eigenvalue weighted by atomic mass is 9.38. The van der Waals surface area contributed by atoms with Crippen molar-refractivity contribution in [2.45, 2.75) is 75.9 Å². The smallest absolute Gasteiger partial charge is 0.155 e. The Morgan fingerprint density at radius 2 is 1.93 bits per heavy atom. The van der Waals surface area contributed by atoms with Crippen molar-refractivity contribution in [1.82, 2.24) is 0 Å². The number of rotatable bonds is 0. The van der Waals surface area contributed by atoms with E-state index in [1.807, 2.05) is 18.2 Å². The average molecular weight is 395 g/mol. The number of aliphatic hydroxyl groups excluding tert-OH is 1. The predicted molar refractivity (Wildman–Crippen MR) is 108 cm³/mol. The number of carbonyl (C=O) groups excluding carboxylic acids is 1. The van der Waals surface area contributed by atoms with Crippen LogP contribution in [0.15, 0.2) is 29.8 Å². The van der Waals surface area contributed by atoms with Gasteiger partial charge in [0.2, 0.25) is 0 Å². The number of ketones is 1. The molecule has 4 heteroatoms. The Balaban J connectivity index is 1.62. The second-order valence-corrected chi connectivity index (χ2v) is 10.7. The minimum absolute atomic E-state index is 0.0669. The topological polar surface area (TPSA) is 77.8 Å². The van der Waals surface area contributed by atoms with Crippen molar-refractivity contribution in [2.75, 3.05) is 0 Å². The first-order chi connectivity index (χ1) is 13.8. The van der Waals surface area contributed by atoms with Crippen molar-refractivity contribution in [1.29, 1.82) is 0 Å². The van der Waals surface area contributed by atoms with Crippen LogP contribution in [0.25, 0.3) is 0 Å². The predicted octanol–water partition coefficient (Wildman–Crippen LogP) is 3.63. The average Bonchev–Trinajstić information content (AvgIpc) is 2.97. The van der Waals surface area contributed by atoms with Crippen LogP contribution in [-0.2, 0) is 11.2 Å². The highest BCUT2D eigenvalue weighted by Crippen LogP contribution is 2.73. The molecule has 0 radical (unpaired) electrons. The van der Waals surface area contributed by atoms with Crippen LogP contribution >= 0.6 is 0 Å². The van der Waals surface area contributed by atoms with Crippen LogP contribution < -0.4 is 0 Å². The minimum Gasteiger partial charge on any atom is -0.508 e. The van der Waals surface area contributed by atoms with Crippen LogP contribution in [0.5, 0.6) is 5.75 Å². The van der Waals surface area contributed by atoms with E-state index in [4.69, 9.17) is 0 Å². The number of phenolic OH excluding ortho intramolecular Hbond substituents is 1. The number of phenols is 1. The van der Waals surface area contributed by atoms with E-state index in [0.717, 1.165) is 48.8 Å². The van der Waals surface area contributed by atoms with E-state index >= 15 is 0 Å². The summed E-state index contributed by atoms with van der Waals surface area (Å²) in [5.41, 5.74) is 1.91. The summed E-state index contributed by atoms with van der Waals surface area (Å²) in [4.78, 5) is 12.3. The molecule has 0 amide bonds. The molecule has 29 heavy (non-hydrogen) atoms. The zero-order chi connectivity index (χ0) is 20.2. The highest BCUT2D eigenvalue weighted by Gasteiger charge is 2.72. The Morgan fingerprint density at radius 3 is 2.76 bits per heavy atom. The molecule has 0 heterocycles. The summed E-state index contributed by atoms with van der Waals surface area (Å²) in [5.74, 6) is 0.853. The van der Waals surface area contributed by atoms with Gasteiger partial charge in [-0.15, -0.1) is 0 Å². The number of hydrogen-bond acceptors (Lipinski definition) is 4. The Bertz CT molecular complexity index is 950. The van der Waals surface area contributed by atoms with E-state index < -0.39 is 11.0 Å². The van der Waals surface area contributed by atoms with Gasteiger partial charge in [0.15, 0.2) is 5.78 Å². The molecular weight excluding hydrogens is 364 g/mol. The lowest BCUT2D eigenvalue weighted by Crippen LogP contribution is -2.69. The maximum absolute atomic E-state index is 12.7. The van der Waals surface area contributed by atoms with Crippen molar-refractivity contribution in [3.8, 4) is 5.75 Å². The molecule has 0 saturated heterocycles. The number of aromatic hydroxyl groups is 1. The fourth-order valence-electron chi connectivity index (χ4n) is 8.54. The number of fused-ring (bicyclic) bond motifs is 4. The molecule has 4 nitrogen and oxygen atoms in total. The molecule has 5 aliphatic rings. The van der Waals surface area contributed by atoms with Crippen LogP contribution in [0.2, 0.25) is 0 Å². The molecule has 1 aromatic rings. The molecular formula is C25H30O4. The molecule has 1 unspecified atom stereocenters. The summed E-state index contributed by atoms with van der Waals surface area (Å²) in [6.45, 7) is 2.23. The molecule has 0 bridgehead atoms. The first kappa shape index (κ1) is 18.1. The molecule has 5 aliphatic carbocycles. The van der Waals surface area contributed by atoms with Crippen LogP contribution in [0.3, 0.4) is 0 Å². The van der Waals surface area contributed by atoms with Crippen LogP contribution in [0, 0.1) is 22.7 Å². The Hall–Kier alpha value is -1.65. The summed E-state index contributed by atoms with van der Waals surface area (Å²) in [6, 6.07) is 5.59. The van der Waals surface area contributed by atoms with E-state index in [2.05, 4.69) is 6.92 Å². The van der Waals surface area contributed by atoms with Gasteiger partial charge < -0.3 is 15.3 Å². The second kappa shape index (κ2) is 5.53. The van der Waals surface area contributed by atoms with Gasteiger partial charge in [0.05, 0.1) is 11.7 Å². The Labute approximate surface area is 171 Å². The van der Waals surface area contributed by atoms with Crippen LogP contribution in [0.1, 0.15) is 68.9 Å². The maximum Gasteiger partial charge on any atom is 0.155 e. The van der Waals surface area contributed by atoms with Gasteiger partial charge in [-0.1, -0.05) is 18.6 Å². The Kier molecular flexibility index (Phi) is 3.46. The van der Waals surface area contributed by atoms with Gasteiger partial charge in [0.1, 0.15) is 5.75 Å². The zero-order valence-electron chi connectivity index (χ0n) is 17.0. The molecule has 1 aromatic carbocycles. The van der Waals surface area contributed by atoms with Crippen molar-refractivity contribution in [3.63, 3.8) is 0 Å². The van der Waals surface area contributed by atoms with Gasteiger partial charge in [-0.25, -0.2) is 0 Å². The third-order valence-electron chi connectivity index (χ3n) is 9.82. The molecule has 7 atom stereocenters. The molecule has 6 rings (SSSR count). The van der Waals surface area contributed by atoms with E-state index in [1.165, 1.54) is 0 Å². The number of carbonyl (C=O) groups is 1. The summed E-state index contributed by atoms with van der Waals surface area (Å²) >= 11 is 0. The SMILES string of the molecule is C[C@]12CC3c4ccc(O)cc4C[C@]45CCC(=O)C=C4CC[C@@H]([C@@H]1CC[C@@H]2O)[C@]35O. The lowest BCUT2D eigenvalue weighted by molar-refractivity contribution is -0.219. The quantitative estimate of drug-likeness (QED) is 0.628. The normalized spacial score (nSPS) is 47.6. The second-order valence-electron chi connectivity index (χ2n) is 10.7. The van der Waals surface area contributed by atoms with Gasteiger partial charge in [-0.05, 0) is 91.5 Å². The number of benzene rings is 1. The summed E-state index contributed by atoms with van der Waals surface area (Å²) in [6.07, 6.45) is 7.73. The minimum atomic E-state index is -0.879. The lowest BCUT2D eigenvalue weighted by Gasteiger charge is -2.68. The van der Waals surface area contributed by atoms with Crippen LogP contribution in [0.4, 0.5) is 0 Å². The highest BCUT2D eigenvalue weighted by atomic mass is 16.3. The molecule has 154 valence electrons. The summed E-state index contributed by atoms with van der Waals surface area (Å²) in [7, 11) is 0. The van der Waals surface area contributed by atoms with E-state index in [0.29, 0.717) is 25.2 Å². The largest absolute Gasteiger partial charge is 0.508 e. The molecule has 1 spiro atoms. The highest BCUT2D eigenvalue weighted by molar-refractivity contribution is 5.92. The van der Waals surface area contributed by atoms with Gasteiger partial charge in [-0.2, -0.15) is 0 Å². The van der Waals surface area contributed by atoms with E-state index in [1.54, 1.807) is 6.07 Å². The fraction of sp³-hybridized carbons (Fsp3) is 0.640. The van der Waals surface area contributed by atoms with E-state index in [9.17, 15) is 20.1 Å². The first-order valence-electron chi connectivity index (χ1n) is 11.3. The fourth-order valence-corrected chi connectivity index (χ4v) is 8.54. The number of aliphatic hydroxyl groups is 2. The Morgan fingerprint density at radius 1 is 1.10 bits per heavy atom. The van der Waals surface area contributed by atoms with E-state index in [-0.39, 0.29) is 34.9 Å². The van der Waals surface area contributed by atoms with Gasteiger partial charge in [-0.3, -0.25) is 4.79 Å².